The fourth-order valence-corrected chi connectivity index (χ4v) is 2.05. The van der Waals surface area contributed by atoms with Crippen molar-refractivity contribution in [2.75, 3.05) is 13.2 Å². The molecule has 1 amide bonds. The Balaban J connectivity index is 1.97. The number of carboxylic acids is 1. The van der Waals surface area contributed by atoms with Gasteiger partial charge in [0.2, 0.25) is 11.8 Å². The van der Waals surface area contributed by atoms with Gasteiger partial charge in [-0.25, -0.2) is 4.98 Å². The molecule has 2 rings (SSSR count). The van der Waals surface area contributed by atoms with Gasteiger partial charge in [0.25, 0.3) is 0 Å². The molecule has 1 saturated heterocycles. The molecule has 2 heterocycles. The Morgan fingerprint density at radius 1 is 1.58 bits per heavy atom. The molecule has 0 aliphatic carbocycles. The van der Waals surface area contributed by atoms with Crippen molar-refractivity contribution in [2.24, 2.45) is 5.92 Å². The van der Waals surface area contributed by atoms with Crippen molar-refractivity contribution in [1.29, 1.82) is 0 Å². The van der Waals surface area contributed by atoms with Gasteiger partial charge in [0, 0.05) is 31.8 Å². The van der Waals surface area contributed by atoms with Crippen molar-refractivity contribution < 1.29 is 19.4 Å². The number of hydrogen-bond acceptors (Lipinski definition) is 4. The maximum atomic E-state index is 11.7. The van der Waals surface area contributed by atoms with Gasteiger partial charge in [-0.15, -0.1) is 0 Å². The molecule has 1 atom stereocenters. The number of likely N-dealkylation sites (tertiary alicyclic amines) is 1. The molecule has 1 unspecified atom stereocenters. The van der Waals surface area contributed by atoms with Gasteiger partial charge in [-0.2, -0.15) is 0 Å². The lowest BCUT2D eigenvalue weighted by Gasteiger charge is -2.15. The zero-order valence-electron chi connectivity index (χ0n) is 10.7. The average molecular weight is 264 g/mol. The second kappa shape index (κ2) is 5.69. The van der Waals surface area contributed by atoms with Crippen LogP contribution in [0.4, 0.5) is 0 Å². The van der Waals surface area contributed by atoms with Crippen LogP contribution in [0.3, 0.4) is 0 Å². The number of carbonyl (C=O) groups excluding carboxylic acids is 1. The van der Waals surface area contributed by atoms with Gasteiger partial charge in [0.15, 0.2) is 0 Å². The summed E-state index contributed by atoms with van der Waals surface area (Å²) in [6.07, 6.45) is 1.73. The minimum absolute atomic E-state index is 0.0831. The van der Waals surface area contributed by atoms with Crippen LogP contribution < -0.4 is 4.74 Å². The van der Waals surface area contributed by atoms with E-state index in [0.29, 0.717) is 19.0 Å². The molecule has 102 valence electrons. The van der Waals surface area contributed by atoms with Crippen molar-refractivity contribution in [1.82, 2.24) is 9.88 Å². The smallest absolute Gasteiger partial charge is 0.308 e. The molecule has 6 nitrogen and oxygen atoms in total. The van der Waals surface area contributed by atoms with Crippen molar-refractivity contribution in [3.05, 3.63) is 23.9 Å². The molecule has 1 N–H and O–H groups in total. The zero-order valence-corrected chi connectivity index (χ0v) is 10.7. The highest BCUT2D eigenvalue weighted by Gasteiger charge is 2.34. The van der Waals surface area contributed by atoms with Gasteiger partial charge >= 0.3 is 5.97 Å². The van der Waals surface area contributed by atoms with Gasteiger partial charge in [0.1, 0.15) is 0 Å². The largest absolute Gasteiger partial charge is 0.481 e. The Bertz CT molecular complexity index is 472. The van der Waals surface area contributed by atoms with Crippen LogP contribution in [0.2, 0.25) is 0 Å². The van der Waals surface area contributed by atoms with Gasteiger partial charge in [-0.1, -0.05) is 6.07 Å². The van der Waals surface area contributed by atoms with Crippen LogP contribution in [0, 0.1) is 5.92 Å². The first-order chi connectivity index (χ1) is 9.10. The standard InChI is InChI=1S/C13H16N2O4/c1-2-19-11-4-3-9(6-14-11)7-15-8-10(13(17)18)5-12(15)16/h3-4,6,10H,2,5,7-8H2,1H3,(H,17,18). The summed E-state index contributed by atoms with van der Waals surface area (Å²) in [5, 5.41) is 8.90. The van der Waals surface area contributed by atoms with Crippen molar-refractivity contribution in [2.45, 2.75) is 19.9 Å². The minimum atomic E-state index is -0.916. The lowest BCUT2D eigenvalue weighted by Crippen LogP contribution is -2.25. The fourth-order valence-electron chi connectivity index (χ4n) is 2.05. The van der Waals surface area contributed by atoms with E-state index in [-0.39, 0.29) is 18.9 Å². The third-order valence-corrected chi connectivity index (χ3v) is 3.03. The van der Waals surface area contributed by atoms with Gasteiger partial charge in [-0.05, 0) is 12.5 Å². The van der Waals surface area contributed by atoms with Crippen LogP contribution in [0.15, 0.2) is 18.3 Å². The van der Waals surface area contributed by atoms with Crippen LogP contribution in [0.1, 0.15) is 18.9 Å². The first-order valence-electron chi connectivity index (χ1n) is 6.18. The highest BCUT2D eigenvalue weighted by atomic mass is 16.5. The number of carbonyl (C=O) groups is 2. The van der Waals surface area contributed by atoms with Crippen LogP contribution in [-0.4, -0.2) is 40.0 Å². The number of pyridine rings is 1. The van der Waals surface area contributed by atoms with Crippen LogP contribution in [-0.2, 0) is 16.1 Å². The number of aromatic nitrogens is 1. The molecule has 19 heavy (non-hydrogen) atoms. The predicted octanol–water partition coefficient (Wildman–Crippen LogP) is 0.913. The Labute approximate surface area is 111 Å². The second-order valence-corrected chi connectivity index (χ2v) is 4.45. The summed E-state index contributed by atoms with van der Waals surface area (Å²) in [6, 6.07) is 3.58. The van der Waals surface area contributed by atoms with Crippen molar-refractivity contribution in [3.63, 3.8) is 0 Å². The SMILES string of the molecule is CCOc1ccc(CN2CC(C(=O)O)CC2=O)cn1. The van der Waals surface area contributed by atoms with Crippen LogP contribution >= 0.6 is 0 Å². The topological polar surface area (TPSA) is 79.7 Å². The maximum absolute atomic E-state index is 11.7. The quantitative estimate of drug-likeness (QED) is 0.855. The monoisotopic (exact) mass is 264 g/mol. The van der Waals surface area contributed by atoms with Gasteiger partial charge in [0.05, 0.1) is 12.5 Å². The molecular weight excluding hydrogens is 248 g/mol. The van der Waals surface area contributed by atoms with E-state index in [2.05, 4.69) is 4.98 Å². The summed E-state index contributed by atoms with van der Waals surface area (Å²) in [7, 11) is 0. The summed E-state index contributed by atoms with van der Waals surface area (Å²) < 4.78 is 5.23. The number of hydrogen-bond donors (Lipinski definition) is 1. The summed E-state index contributed by atoms with van der Waals surface area (Å²) in [5.74, 6) is -1.09. The Morgan fingerprint density at radius 3 is 2.89 bits per heavy atom. The molecule has 1 aromatic rings. The van der Waals surface area contributed by atoms with E-state index >= 15 is 0 Å². The predicted molar refractivity (Wildman–Crippen MR) is 66.6 cm³/mol. The fraction of sp³-hybridized carbons (Fsp3) is 0.462. The van der Waals surface area contributed by atoms with E-state index in [0.717, 1.165) is 5.56 Å². The molecule has 6 heteroatoms. The normalized spacial score (nSPS) is 18.7. The maximum Gasteiger partial charge on any atom is 0.308 e. The molecule has 0 bridgehead atoms. The number of aliphatic carboxylic acids is 1. The Hall–Kier alpha value is -2.11. The van der Waals surface area contributed by atoms with Crippen molar-refractivity contribution in [3.8, 4) is 5.88 Å². The molecule has 0 radical (unpaired) electrons. The highest BCUT2D eigenvalue weighted by Crippen LogP contribution is 2.20. The van der Waals surface area contributed by atoms with Gasteiger partial charge in [-0.3, -0.25) is 9.59 Å². The lowest BCUT2D eigenvalue weighted by atomic mass is 10.1. The molecule has 0 saturated carbocycles. The Kier molecular flexibility index (Phi) is 3.99. The van der Waals surface area contributed by atoms with Crippen molar-refractivity contribution >= 4 is 11.9 Å². The van der Waals surface area contributed by atoms with E-state index in [1.54, 1.807) is 17.2 Å². The number of nitrogens with zero attached hydrogens (tertiary/aromatic N) is 2. The molecule has 1 aliphatic rings. The summed E-state index contributed by atoms with van der Waals surface area (Å²) in [4.78, 5) is 28.2. The van der Waals surface area contributed by atoms with E-state index in [4.69, 9.17) is 9.84 Å². The second-order valence-electron chi connectivity index (χ2n) is 4.45. The summed E-state index contributed by atoms with van der Waals surface area (Å²) in [5.41, 5.74) is 0.864. The van der Waals surface area contributed by atoms with Gasteiger partial charge < -0.3 is 14.7 Å². The Morgan fingerprint density at radius 2 is 2.37 bits per heavy atom. The van der Waals surface area contributed by atoms with E-state index in [9.17, 15) is 9.59 Å². The minimum Gasteiger partial charge on any atom is -0.481 e. The first-order valence-corrected chi connectivity index (χ1v) is 6.18. The third-order valence-electron chi connectivity index (χ3n) is 3.03. The molecule has 1 aliphatic heterocycles. The summed E-state index contributed by atoms with van der Waals surface area (Å²) >= 11 is 0. The van der Waals surface area contributed by atoms with Crippen LogP contribution in [0.25, 0.3) is 0 Å². The van der Waals surface area contributed by atoms with E-state index in [1.807, 2.05) is 13.0 Å². The highest BCUT2D eigenvalue weighted by molar-refractivity contribution is 5.86. The molecule has 0 spiro atoms. The molecular formula is C13H16N2O4. The number of ether oxygens (including phenoxy) is 1. The third kappa shape index (κ3) is 3.21. The number of carboxylic acid groups (broad SMARTS) is 1. The molecule has 1 fully saturated rings. The summed E-state index contributed by atoms with van der Waals surface area (Å²) in [6.45, 7) is 3.09. The number of rotatable bonds is 5. The van der Waals surface area contributed by atoms with E-state index < -0.39 is 11.9 Å². The zero-order chi connectivity index (χ0) is 13.8. The first kappa shape index (κ1) is 13.3. The number of amides is 1. The van der Waals surface area contributed by atoms with E-state index in [1.165, 1.54) is 0 Å². The molecule has 1 aromatic heterocycles. The molecule has 0 aromatic carbocycles. The van der Waals surface area contributed by atoms with Crippen LogP contribution in [0.5, 0.6) is 5.88 Å². The lowest BCUT2D eigenvalue weighted by molar-refractivity contribution is -0.141. The average Bonchev–Trinajstić information content (AvgIpc) is 2.74.